The van der Waals surface area contributed by atoms with Crippen LogP contribution in [0.1, 0.15) is 29.1 Å². The van der Waals surface area contributed by atoms with Gasteiger partial charge in [0.2, 0.25) is 5.09 Å². The van der Waals surface area contributed by atoms with Gasteiger partial charge in [-0.15, -0.1) is 0 Å². The second kappa shape index (κ2) is 9.11. The van der Waals surface area contributed by atoms with Gasteiger partial charge in [0, 0.05) is 31.5 Å². The van der Waals surface area contributed by atoms with Gasteiger partial charge in [-0.2, -0.15) is 13.2 Å². The highest BCUT2D eigenvalue weighted by Crippen LogP contribution is 2.29. The molecule has 194 valence electrons. The fourth-order valence-corrected chi connectivity index (χ4v) is 4.47. The number of fused-ring (bicyclic) bond motifs is 1. The second-order valence-corrected chi connectivity index (χ2v) is 9.80. The van der Waals surface area contributed by atoms with Gasteiger partial charge in [-0.3, -0.25) is 9.20 Å². The molecule has 16 heteroatoms. The predicted octanol–water partition coefficient (Wildman–Crippen LogP) is 1.84. The normalized spacial score (nSPS) is 16.8. The first kappa shape index (κ1) is 24.6. The summed E-state index contributed by atoms with van der Waals surface area (Å²) in [5.74, 6) is -0.101. The number of furan rings is 1. The molecule has 5 heterocycles. The number of carbonyl (C=O) groups excluding carboxylic acids is 1. The monoisotopic (exact) mass is 536 g/mol. The van der Waals surface area contributed by atoms with Crippen molar-refractivity contribution in [3.63, 3.8) is 0 Å². The molecule has 1 aliphatic heterocycles. The lowest BCUT2D eigenvalue weighted by atomic mass is 10.1. The standard InChI is InChI=1S/C21H19F3N8O4S/c22-21(23,24)15-11-32-13(8-28-17(32)9-27-15)19-26-6-5-16(30-19)31-7-1-2-12(10-31)29-20(33)14-3-4-18(36-14)37(25,34)35/h3-6,8-9,11-12H,1-2,7,10H2,(H,29,33)(H2,25,34,35)/t12-/m0/s1. The van der Waals surface area contributed by atoms with E-state index in [0.29, 0.717) is 31.7 Å². The molecule has 0 bridgehead atoms. The molecule has 12 nitrogen and oxygen atoms in total. The van der Waals surface area contributed by atoms with Crippen LogP contribution in [0.25, 0.3) is 17.2 Å². The number of nitrogens with one attached hydrogen (secondary N) is 1. The third-order valence-electron chi connectivity index (χ3n) is 5.72. The molecule has 0 aromatic carbocycles. The Balaban J connectivity index is 1.34. The van der Waals surface area contributed by atoms with Gasteiger partial charge in [0.25, 0.3) is 15.9 Å². The summed E-state index contributed by atoms with van der Waals surface area (Å²) in [7, 11) is -4.07. The summed E-state index contributed by atoms with van der Waals surface area (Å²) < 4.78 is 68.5. The van der Waals surface area contributed by atoms with Gasteiger partial charge in [0.05, 0.1) is 12.4 Å². The number of amides is 1. The molecule has 1 aliphatic rings. The van der Waals surface area contributed by atoms with Gasteiger partial charge in [0.15, 0.2) is 22.9 Å². The fraction of sp³-hybridized carbons (Fsp3) is 0.286. The van der Waals surface area contributed by atoms with Crippen molar-refractivity contribution >= 4 is 27.4 Å². The molecule has 0 unspecified atom stereocenters. The fourth-order valence-electron chi connectivity index (χ4n) is 4.00. The molecule has 1 atom stereocenters. The Morgan fingerprint density at radius 3 is 2.70 bits per heavy atom. The minimum atomic E-state index is -4.62. The minimum Gasteiger partial charge on any atom is -0.438 e. The van der Waals surface area contributed by atoms with Crippen molar-refractivity contribution in [3.8, 4) is 11.5 Å². The molecule has 4 aromatic heterocycles. The van der Waals surface area contributed by atoms with E-state index in [1.807, 2.05) is 4.90 Å². The van der Waals surface area contributed by atoms with Crippen LogP contribution in [0, 0.1) is 0 Å². The van der Waals surface area contributed by atoms with Crippen LogP contribution in [0.15, 0.2) is 52.5 Å². The van der Waals surface area contributed by atoms with E-state index in [9.17, 15) is 26.4 Å². The average Bonchev–Trinajstić information content (AvgIpc) is 3.51. The molecular formula is C21H19F3N8O4S. The Morgan fingerprint density at radius 1 is 1.16 bits per heavy atom. The molecule has 1 saturated heterocycles. The number of nitrogens with two attached hydrogens (primary N) is 1. The summed E-state index contributed by atoms with van der Waals surface area (Å²) in [6.45, 7) is 0.995. The number of hydrogen-bond donors (Lipinski definition) is 2. The van der Waals surface area contributed by atoms with E-state index in [2.05, 4.69) is 25.3 Å². The number of primary sulfonamides is 1. The van der Waals surface area contributed by atoms with Crippen molar-refractivity contribution in [1.29, 1.82) is 0 Å². The highest BCUT2D eigenvalue weighted by atomic mass is 32.2. The van der Waals surface area contributed by atoms with Crippen LogP contribution in [0.5, 0.6) is 0 Å². The maximum Gasteiger partial charge on any atom is 0.434 e. The number of halogens is 3. The number of nitrogens with zero attached hydrogens (tertiary/aromatic N) is 6. The molecule has 5 rings (SSSR count). The van der Waals surface area contributed by atoms with Crippen molar-refractivity contribution in [3.05, 3.63) is 54.4 Å². The number of imidazole rings is 1. The summed E-state index contributed by atoms with van der Waals surface area (Å²) in [6, 6.07) is 3.68. The van der Waals surface area contributed by atoms with Crippen LogP contribution >= 0.6 is 0 Å². The molecule has 0 spiro atoms. The SMILES string of the molecule is NS(=O)(=O)c1ccc(C(=O)N[C@H]2CCCN(c3ccnc(-c4cnc5cnc(C(F)(F)F)cn45)n3)C2)o1. The number of anilines is 1. The van der Waals surface area contributed by atoms with Crippen molar-refractivity contribution in [1.82, 2.24) is 29.7 Å². The summed E-state index contributed by atoms with van der Waals surface area (Å²) >= 11 is 0. The van der Waals surface area contributed by atoms with Crippen LogP contribution in [-0.2, 0) is 16.2 Å². The van der Waals surface area contributed by atoms with Gasteiger partial charge in [-0.25, -0.2) is 33.5 Å². The Kier molecular flexibility index (Phi) is 6.07. The molecule has 0 saturated carbocycles. The summed E-state index contributed by atoms with van der Waals surface area (Å²) in [4.78, 5) is 30.7. The number of piperidine rings is 1. The van der Waals surface area contributed by atoms with Gasteiger partial charge in [-0.05, 0) is 31.0 Å². The molecule has 37 heavy (non-hydrogen) atoms. The summed E-state index contributed by atoms with van der Waals surface area (Å²) in [6.07, 6.45) is 1.47. The van der Waals surface area contributed by atoms with Gasteiger partial charge >= 0.3 is 6.18 Å². The van der Waals surface area contributed by atoms with E-state index < -0.39 is 32.9 Å². The molecule has 1 amide bonds. The quantitative estimate of drug-likeness (QED) is 0.388. The molecular weight excluding hydrogens is 517 g/mol. The topological polar surface area (TPSA) is 162 Å². The van der Waals surface area contributed by atoms with Crippen LogP contribution < -0.4 is 15.4 Å². The highest BCUT2D eigenvalue weighted by Gasteiger charge is 2.33. The van der Waals surface area contributed by atoms with E-state index in [1.54, 1.807) is 6.07 Å². The third kappa shape index (κ3) is 5.10. The summed E-state index contributed by atoms with van der Waals surface area (Å²) in [5, 5.41) is 7.30. The first-order chi connectivity index (χ1) is 17.5. The molecule has 4 aromatic rings. The van der Waals surface area contributed by atoms with Crippen molar-refractivity contribution < 1.29 is 30.8 Å². The zero-order valence-corrected chi connectivity index (χ0v) is 19.7. The van der Waals surface area contributed by atoms with Crippen LogP contribution in [0.2, 0.25) is 0 Å². The van der Waals surface area contributed by atoms with Gasteiger partial charge in [-0.1, -0.05) is 0 Å². The predicted molar refractivity (Wildman–Crippen MR) is 122 cm³/mol. The van der Waals surface area contributed by atoms with Gasteiger partial charge in [0.1, 0.15) is 11.5 Å². The molecule has 0 aliphatic carbocycles. The molecule has 1 fully saturated rings. The van der Waals surface area contributed by atoms with Crippen LogP contribution in [0.4, 0.5) is 19.0 Å². The number of carbonyl (C=O) groups is 1. The number of alkyl halides is 3. The Bertz CT molecular complexity index is 1580. The van der Waals surface area contributed by atoms with E-state index in [1.165, 1.54) is 22.9 Å². The second-order valence-electron chi connectivity index (χ2n) is 8.30. The van der Waals surface area contributed by atoms with Crippen molar-refractivity contribution in [2.24, 2.45) is 5.14 Å². The van der Waals surface area contributed by atoms with E-state index >= 15 is 0 Å². The van der Waals surface area contributed by atoms with E-state index in [-0.39, 0.29) is 29.0 Å². The van der Waals surface area contributed by atoms with Crippen LogP contribution in [-0.4, -0.2) is 57.8 Å². The summed E-state index contributed by atoms with van der Waals surface area (Å²) in [5.41, 5.74) is -0.603. The maximum atomic E-state index is 13.1. The molecule has 3 N–H and O–H groups in total. The first-order valence-corrected chi connectivity index (χ1v) is 12.5. The van der Waals surface area contributed by atoms with Crippen molar-refractivity contribution in [2.75, 3.05) is 18.0 Å². The lowest BCUT2D eigenvalue weighted by Crippen LogP contribution is -2.48. The Morgan fingerprint density at radius 2 is 1.97 bits per heavy atom. The third-order valence-corrected chi connectivity index (χ3v) is 6.50. The largest absolute Gasteiger partial charge is 0.438 e. The van der Waals surface area contributed by atoms with Gasteiger partial charge < -0.3 is 14.6 Å². The van der Waals surface area contributed by atoms with Crippen LogP contribution in [0.3, 0.4) is 0 Å². The van der Waals surface area contributed by atoms with E-state index in [0.717, 1.165) is 18.5 Å². The number of sulfonamides is 1. The zero-order valence-electron chi connectivity index (χ0n) is 18.9. The smallest absolute Gasteiger partial charge is 0.434 e. The minimum absolute atomic E-state index is 0.168. The maximum absolute atomic E-state index is 13.1. The highest BCUT2D eigenvalue weighted by molar-refractivity contribution is 7.89. The Labute approximate surface area is 207 Å². The first-order valence-electron chi connectivity index (χ1n) is 10.9. The molecule has 0 radical (unpaired) electrons. The van der Waals surface area contributed by atoms with Crippen molar-refractivity contribution in [2.45, 2.75) is 30.2 Å². The lowest BCUT2D eigenvalue weighted by Gasteiger charge is -2.33. The van der Waals surface area contributed by atoms with E-state index in [4.69, 9.17) is 9.56 Å². The lowest BCUT2D eigenvalue weighted by molar-refractivity contribution is -0.141. The number of hydrogen-bond acceptors (Lipinski definition) is 9. The number of rotatable bonds is 5. The average molecular weight is 536 g/mol. The zero-order chi connectivity index (χ0) is 26.4. The Hall–Kier alpha value is -4.05. The number of aromatic nitrogens is 5.